The molecule has 3 rings (SSSR count). The van der Waals surface area contributed by atoms with E-state index in [0.717, 1.165) is 0 Å². The van der Waals surface area contributed by atoms with Crippen LogP contribution in [0.15, 0.2) is 89.8 Å². The number of hydrogen-bond acceptors (Lipinski definition) is 2. The van der Waals surface area contributed by atoms with Crippen molar-refractivity contribution in [3.63, 3.8) is 0 Å². The van der Waals surface area contributed by atoms with Gasteiger partial charge in [-0.25, -0.2) is 0 Å². The standard InChI is InChI=1S/C22H22Cl2NPS.Ru/c1-27-21-15-9-8-10-18(21)16-25-22(23,24)17-26(19-11-4-2-5-12-19)20-13-6-3-7-14-20;/h2-15,25H,16-17H2,1H3;/q;+2. The minimum Gasteiger partial charge on any atom is -0.282 e. The first-order valence-electron chi connectivity index (χ1n) is 8.71. The minimum atomic E-state index is -1.01. The molecule has 0 radical (unpaired) electrons. The predicted molar refractivity (Wildman–Crippen MR) is 123 cm³/mol. The van der Waals surface area contributed by atoms with E-state index >= 15 is 0 Å². The van der Waals surface area contributed by atoms with Crippen LogP contribution in [0.4, 0.5) is 0 Å². The van der Waals surface area contributed by atoms with Gasteiger partial charge in [0.25, 0.3) is 0 Å². The first kappa shape index (κ1) is 23.9. The van der Waals surface area contributed by atoms with E-state index in [2.05, 4.69) is 72.2 Å². The SMILES string of the molecule is CSc1ccccc1CNC(Cl)(Cl)CP(c1ccccc1)c1ccccc1.[Ru+2]. The number of rotatable bonds is 8. The van der Waals surface area contributed by atoms with Gasteiger partial charge in [-0.1, -0.05) is 102 Å². The van der Waals surface area contributed by atoms with Gasteiger partial charge in [-0.3, -0.25) is 5.32 Å². The summed E-state index contributed by atoms with van der Waals surface area (Å²) in [5.41, 5.74) is 1.21. The van der Waals surface area contributed by atoms with Gasteiger partial charge in [-0.05, 0) is 36.4 Å². The summed E-state index contributed by atoms with van der Waals surface area (Å²) in [6.45, 7) is 0.636. The minimum absolute atomic E-state index is 0. The van der Waals surface area contributed by atoms with Gasteiger partial charge in [0.1, 0.15) is 0 Å². The fraction of sp³-hybridized carbons (Fsp3) is 0.182. The summed E-state index contributed by atoms with van der Waals surface area (Å²) in [6, 6.07) is 29.3. The Morgan fingerprint density at radius 1 is 0.821 bits per heavy atom. The molecule has 0 unspecified atom stereocenters. The molecular formula is C22H22Cl2NPRuS+2. The van der Waals surface area contributed by atoms with Gasteiger partial charge in [-0.15, -0.1) is 11.8 Å². The van der Waals surface area contributed by atoms with Crippen LogP contribution in [0.5, 0.6) is 0 Å². The van der Waals surface area contributed by atoms with E-state index < -0.39 is 12.4 Å². The molecule has 3 aromatic rings. The quantitative estimate of drug-likeness (QED) is 0.130. The molecule has 0 aliphatic rings. The zero-order chi connectivity index (χ0) is 19.1. The maximum absolute atomic E-state index is 6.74. The van der Waals surface area contributed by atoms with Crippen LogP contribution in [0.1, 0.15) is 5.56 Å². The second kappa shape index (κ2) is 11.7. The van der Waals surface area contributed by atoms with Gasteiger partial charge in [0, 0.05) is 17.6 Å². The molecule has 0 saturated heterocycles. The number of benzene rings is 3. The van der Waals surface area contributed by atoms with Gasteiger partial charge >= 0.3 is 19.5 Å². The maximum atomic E-state index is 6.74. The Morgan fingerprint density at radius 3 is 1.86 bits per heavy atom. The first-order valence-corrected chi connectivity index (χ1v) is 12.2. The summed E-state index contributed by atoms with van der Waals surface area (Å²) in [4.78, 5) is 1.24. The van der Waals surface area contributed by atoms with Crippen molar-refractivity contribution in [2.24, 2.45) is 0 Å². The van der Waals surface area contributed by atoms with E-state index in [1.807, 2.05) is 24.3 Å². The number of hydrogen-bond donors (Lipinski definition) is 1. The van der Waals surface area contributed by atoms with Crippen molar-refractivity contribution in [3.8, 4) is 0 Å². The Labute approximate surface area is 196 Å². The fourth-order valence-electron chi connectivity index (χ4n) is 2.88. The van der Waals surface area contributed by atoms with Gasteiger partial charge in [-0.2, -0.15) is 0 Å². The van der Waals surface area contributed by atoms with Crippen LogP contribution < -0.4 is 15.9 Å². The van der Waals surface area contributed by atoms with Crippen molar-refractivity contribution in [1.29, 1.82) is 0 Å². The zero-order valence-electron chi connectivity index (χ0n) is 15.5. The molecule has 0 fully saturated rings. The second-order valence-corrected chi connectivity index (χ2v) is 10.7. The van der Waals surface area contributed by atoms with Crippen LogP contribution >= 0.6 is 42.9 Å². The van der Waals surface area contributed by atoms with Crippen LogP contribution in [0.2, 0.25) is 0 Å². The van der Waals surface area contributed by atoms with Gasteiger partial charge in [0.05, 0.1) is 0 Å². The van der Waals surface area contributed by atoms with Crippen molar-refractivity contribution < 1.29 is 19.5 Å². The van der Waals surface area contributed by atoms with Crippen LogP contribution in [-0.4, -0.2) is 16.9 Å². The Balaban J connectivity index is 0.00000280. The third kappa shape index (κ3) is 6.84. The summed E-state index contributed by atoms with van der Waals surface area (Å²) < 4.78 is -1.01. The molecule has 0 spiro atoms. The Bertz CT molecular complexity index is 810. The zero-order valence-corrected chi connectivity index (χ0v) is 20.4. The average molecular weight is 535 g/mol. The summed E-state index contributed by atoms with van der Waals surface area (Å²) in [5, 5.41) is 5.90. The normalized spacial score (nSPS) is 11.3. The number of nitrogens with one attached hydrogen (secondary N) is 1. The smallest absolute Gasteiger partial charge is 0.282 e. The van der Waals surface area contributed by atoms with E-state index in [1.165, 1.54) is 21.1 Å². The molecule has 146 valence electrons. The van der Waals surface area contributed by atoms with E-state index in [1.54, 1.807) is 11.8 Å². The molecular weight excluding hydrogens is 513 g/mol. The van der Waals surface area contributed by atoms with E-state index in [4.69, 9.17) is 23.2 Å². The topological polar surface area (TPSA) is 12.0 Å². The van der Waals surface area contributed by atoms with Crippen molar-refractivity contribution in [2.75, 3.05) is 12.4 Å². The Hall–Kier alpha value is -0.397. The number of thioether (sulfide) groups is 1. The predicted octanol–water partition coefficient (Wildman–Crippen LogP) is 5.76. The first-order chi connectivity index (χ1) is 13.1. The van der Waals surface area contributed by atoms with Gasteiger partial charge in [0.15, 0.2) is 4.46 Å². The van der Waals surface area contributed by atoms with Crippen LogP contribution in [-0.2, 0) is 26.0 Å². The largest absolute Gasteiger partial charge is 2.00 e. The van der Waals surface area contributed by atoms with Crippen molar-refractivity contribution in [3.05, 3.63) is 90.5 Å². The number of halogens is 2. The van der Waals surface area contributed by atoms with E-state index in [9.17, 15) is 0 Å². The van der Waals surface area contributed by atoms with Crippen LogP contribution in [0, 0.1) is 0 Å². The molecule has 0 amide bonds. The van der Waals surface area contributed by atoms with Crippen molar-refractivity contribution in [2.45, 2.75) is 15.9 Å². The summed E-state index contributed by atoms with van der Waals surface area (Å²) in [7, 11) is -0.662. The average Bonchev–Trinajstić information content (AvgIpc) is 2.72. The number of alkyl halides is 2. The van der Waals surface area contributed by atoms with Crippen LogP contribution in [0.25, 0.3) is 0 Å². The van der Waals surface area contributed by atoms with Gasteiger partial charge in [0.2, 0.25) is 0 Å². The molecule has 6 heteroatoms. The summed E-state index contributed by atoms with van der Waals surface area (Å²) >= 11 is 15.2. The molecule has 1 nitrogen and oxygen atoms in total. The van der Waals surface area contributed by atoms with Crippen molar-refractivity contribution in [1.82, 2.24) is 5.32 Å². The van der Waals surface area contributed by atoms with Crippen molar-refractivity contribution >= 4 is 53.5 Å². The molecule has 0 bridgehead atoms. The molecule has 0 aliphatic carbocycles. The molecule has 0 aliphatic heterocycles. The third-order valence-electron chi connectivity index (χ3n) is 4.22. The van der Waals surface area contributed by atoms with Gasteiger partial charge < -0.3 is 0 Å². The molecule has 0 saturated carbocycles. The molecule has 3 aromatic carbocycles. The maximum Gasteiger partial charge on any atom is 2.00 e. The van der Waals surface area contributed by atoms with E-state index in [0.29, 0.717) is 12.7 Å². The summed E-state index contributed by atoms with van der Waals surface area (Å²) in [5.74, 6) is 0. The fourth-order valence-corrected chi connectivity index (χ4v) is 6.58. The molecule has 1 N–H and O–H groups in total. The second-order valence-electron chi connectivity index (χ2n) is 6.13. The Morgan fingerprint density at radius 2 is 1.32 bits per heavy atom. The molecule has 0 atom stereocenters. The summed E-state index contributed by atoms with van der Waals surface area (Å²) in [6.07, 6.45) is 2.72. The molecule has 0 aromatic heterocycles. The molecule has 28 heavy (non-hydrogen) atoms. The van der Waals surface area contributed by atoms with E-state index in [-0.39, 0.29) is 19.5 Å². The third-order valence-corrected chi connectivity index (χ3v) is 8.60. The monoisotopic (exact) mass is 535 g/mol. The Kier molecular flexibility index (Phi) is 9.98. The van der Waals surface area contributed by atoms with Crippen LogP contribution in [0.3, 0.4) is 0 Å². The molecule has 0 heterocycles.